The predicted molar refractivity (Wildman–Crippen MR) is 92.6 cm³/mol. The minimum atomic E-state index is -0.738. The third kappa shape index (κ3) is 3.80. The number of carboxylic acid groups (broad SMARTS) is 1. The van der Waals surface area contributed by atoms with Crippen LogP contribution in [0.2, 0.25) is 0 Å². The monoisotopic (exact) mass is 329 g/mol. The molecule has 3 rings (SSSR count). The molecule has 1 saturated carbocycles. The summed E-state index contributed by atoms with van der Waals surface area (Å²) in [7, 11) is 0. The van der Waals surface area contributed by atoms with E-state index in [1.54, 1.807) is 0 Å². The molecule has 4 heteroatoms. The van der Waals surface area contributed by atoms with E-state index >= 15 is 0 Å². The molecule has 1 N–H and O–H groups in total. The van der Waals surface area contributed by atoms with E-state index in [0.29, 0.717) is 18.2 Å². The van der Waals surface area contributed by atoms with Crippen molar-refractivity contribution >= 4 is 11.9 Å². The van der Waals surface area contributed by atoms with Crippen molar-refractivity contribution in [3.63, 3.8) is 0 Å². The Morgan fingerprint density at radius 2 is 1.92 bits per heavy atom. The van der Waals surface area contributed by atoms with Gasteiger partial charge in [0.2, 0.25) is 5.91 Å². The van der Waals surface area contributed by atoms with Gasteiger partial charge in [0.05, 0.1) is 5.41 Å². The van der Waals surface area contributed by atoms with Crippen molar-refractivity contribution in [1.82, 2.24) is 4.90 Å². The molecule has 1 amide bonds. The highest BCUT2D eigenvalue weighted by atomic mass is 16.4. The summed E-state index contributed by atoms with van der Waals surface area (Å²) in [6.07, 6.45) is 6.87. The highest BCUT2D eigenvalue weighted by molar-refractivity contribution is 5.84. The molecule has 4 nitrogen and oxygen atoms in total. The minimum absolute atomic E-state index is 0.210. The molecule has 1 aromatic carbocycles. The van der Waals surface area contributed by atoms with Crippen molar-refractivity contribution in [2.24, 2.45) is 11.3 Å². The maximum Gasteiger partial charge on any atom is 0.303 e. The van der Waals surface area contributed by atoms with E-state index in [4.69, 9.17) is 5.11 Å². The van der Waals surface area contributed by atoms with Gasteiger partial charge < -0.3 is 10.0 Å². The van der Waals surface area contributed by atoms with Crippen LogP contribution in [0.1, 0.15) is 50.5 Å². The van der Waals surface area contributed by atoms with Gasteiger partial charge in [-0.05, 0) is 50.0 Å². The number of hydrogen-bond donors (Lipinski definition) is 1. The number of likely N-dealkylation sites (tertiary alicyclic amines) is 1. The SMILES string of the molecule is O=C(O)CC[C@H]1CCCN(C(=O)C2(Cc3ccccc3)CCC2)C1. The number of carbonyl (C=O) groups excluding carboxylic acids is 1. The van der Waals surface area contributed by atoms with Crippen LogP contribution in [-0.4, -0.2) is 35.0 Å². The lowest BCUT2D eigenvalue weighted by molar-refractivity contribution is -0.149. The van der Waals surface area contributed by atoms with Crippen LogP contribution in [0.4, 0.5) is 0 Å². The van der Waals surface area contributed by atoms with Crippen LogP contribution in [0.15, 0.2) is 30.3 Å². The molecule has 130 valence electrons. The molecule has 1 aromatic rings. The van der Waals surface area contributed by atoms with Gasteiger partial charge in [-0.1, -0.05) is 36.8 Å². The van der Waals surface area contributed by atoms with Crippen molar-refractivity contribution in [1.29, 1.82) is 0 Å². The Hall–Kier alpha value is -1.84. The molecule has 0 unspecified atom stereocenters. The zero-order valence-corrected chi connectivity index (χ0v) is 14.2. The highest BCUT2D eigenvalue weighted by Gasteiger charge is 2.46. The summed E-state index contributed by atoms with van der Waals surface area (Å²) in [6.45, 7) is 1.57. The number of piperidine rings is 1. The summed E-state index contributed by atoms with van der Waals surface area (Å²) < 4.78 is 0. The third-order valence-electron chi connectivity index (χ3n) is 5.72. The average molecular weight is 329 g/mol. The predicted octanol–water partition coefficient (Wildman–Crippen LogP) is 3.50. The van der Waals surface area contributed by atoms with Crippen LogP contribution >= 0.6 is 0 Å². The molecule has 1 heterocycles. The summed E-state index contributed by atoms with van der Waals surface area (Å²) in [6, 6.07) is 10.3. The zero-order chi connectivity index (χ0) is 17.0. The third-order valence-corrected chi connectivity index (χ3v) is 5.72. The van der Waals surface area contributed by atoms with Gasteiger partial charge in [0.15, 0.2) is 0 Å². The first-order valence-electron chi connectivity index (χ1n) is 9.14. The highest BCUT2D eigenvalue weighted by Crippen LogP contribution is 2.45. The van der Waals surface area contributed by atoms with Gasteiger partial charge in [0.25, 0.3) is 0 Å². The average Bonchev–Trinajstić information content (AvgIpc) is 2.57. The van der Waals surface area contributed by atoms with Crippen LogP contribution < -0.4 is 0 Å². The van der Waals surface area contributed by atoms with E-state index in [2.05, 4.69) is 12.1 Å². The van der Waals surface area contributed by atoms with Crippen LogP contribution in [0.5, 0.6) is 0 Å². The van der Waals surface area contributed by atoms with Gasteiger partial charge in [0, 0.05) is 19.5 Å². The molecular weight excluding hydrogens is 302 g/mol. The van der Waals surface area contributed by atoms with Gasteiger partial charge in [0.1, 0.15) is 0 Å². The fraction of sp³-hybridized carbons (Fsp3) is 0.600. The number of hydrogen-bond acceptors (Lipinski definition) is 2. The Bertz CT molecular complexity index is 580. The number of carboxylic acids is 1. The zero-order valence-electron chi connectivity index (χ0n) is 14.2. The van der Waals surface area contributed by atoms with E-state index in [9.17, 15) is 9.59 Å². The number of benzene rings is 1. The fourth-order valence-corrected chi connectivity index (χ4v) is 4.20. The van der Waals surface area contributed by atoms with Crippen LogP contribution in [0.3, 0.4) is 0 Å². The number of amides is 1. The van der Waals surface area contributed by atoms with Gasteiger partial charge in [-0.2, -0.15) is 0 Å². The molecule has 0 spiro atoms. The van der Waals surface area contributed by atoms with E-state index < -0.39 is 5.97 Å². The first kappa shape index (κ1) is 17.0. The maximum atomic E-state index is 13.2. The lowest BCUT2D eigenvalue weighted by Gasteiger charge is -2.46. The Morgan fingerprint density at radius 1 is 1.17 bits per heavy atom. The summed E-state index contributed by atoms with van der Waals surface area (Å²) in [4.78, 5) is 26.0. The second-order valence-electron chi connectivity index (χ2n) is 7.49. The second-order valence-corrected chi connectivity index (χ2v) is 7.49. The van der Waals surface area contributed by atoms with Crippen molar-refractivity contribution in [3.8, 4) is 0 Å². The number of carbonyl (C=O) groups is 2. The van der Waals surface area contributed by atoms with E-state index in [1.807, 2.05) is 23.1 Å². The molecule has 0 radical (unpaired) electrons. The second kappa shape index (κ2) is 7.37. The summed E-state index contributed by atoms with van der Waals surface area (Å²) in [5.74, 6) is -0.0942. The Labute approximate surface area is 143 Å². The Morgan fingerprint density at radius 3 is 2.54 bits per heavy atom. The van der Waals surface area contributed by atoms with Crippen LogP contribution in [0.25, 0.3) is 0 Å². The largest absolute Gasteiger partial charge is 0.481 e. The molecule has 1 atom stereocenters. The lowest BCUT2D eigenvalue weighted by Crippen LogP contribution is -2.52. The van der Waals surface area contributed by atoms with Gasteiger partial charge >= 0.3 is 5.97 Å². The molecular formula is C20H27NO3. The molecule has 2 fully saturated rings. The quantitative estimate of drug-likeness (QED) is 0.869. The molecule has 24 heavy (non-hydrogen) atoms. The van der Waals surface area contributed by atoms with Crippen LogP contribution in [-0.2, 0) is 16.0 Å². The first-order valence-corrected chi connectivity index (χ1v) is 9.14. The minimum Gasteiger partial charge on any atom is -0.481 e. The molecule has 1 saturated heterocycles. The molecule has 1 aliphatic carbocycles. The first-order chi connectivity index (χ1) is 11.6. The maximum absolute atomic E-state index is 13.2. The molecule has 2 aliphatic rings. The summed E-state index contributed by atoms with van der Waals surface area (Å²) in [5.41, 5.74) is 1.03. The molecule has 1 aliphatic heterocycles. The smallest absolute Gasteiger partial charge is 0.303 e. The van der Waals surface area contributed by atoms with Crippen molar-refractivity contribution in [3.05, 3.63) is 35.9 Å². The van der Waals surface area contributed by atoms with Crippen LogP contribution in [0, 0.1) is 11.3 Å². The van der Waals surface area contributed by atoms with Crippen molar-refractivity contribution in [2.45, 2.75) is 51.4 Å². The fourth-order valence-electron chi connectivity index (χ4n) is 4.20. The van der Waals surface area contributed by atoms with E-state index in [-0.39, 0.29) is 11.8 Å². The van der Waals surface area contributed by atoms with Gasteiger partial charge in [-0.25, -0.2) is 0 Å². The van der Waals surface area contributed by atoms with E-state index in [0.717, 1.165) is 51.6 Å². The standard InChI is InChI=1S/C20H27NO3/c22-18(23)10-9-17-8-4-13-21(15-17)19(24)20(11-5-12-20)14-16-6-2-1-3-7-16/h1-3,6-7,17H,4-5,8-15H2,(H,22,23)/t17-/m1/s1. The number of aliphatic carboxylic acids is 1. The van der Waals surface area contributed by atoms with Gasteiger partial charge in [-0.3, -0.25) is 9.59 Å². The van der Waals surface area contributed by atoms with Crippen molar-refractivity contribution in [2.75, 3.05) is 13.1 Å². The Kier molecular flexibility index (Phi) is 5.22. The van der Waals surface area contributed by atoms with Crippen molar-refractivity contribution < 1.29 is 14.7 Å². The summed E-state index contributed by atoms with van der Waals surface area (Å²) in [5, 5.41) is 8.88. The lowest BCUT2D eigenvalue weighted by atomic mass is 9.64. The summed E-state index contributed by atoms with van der Waals surface area (Å²) >= 11 is 0. The molecule has 0 aromatic heterocycles. The number of rotatable bonds is 6. The van der Waals surface area contributed by atoms with E-state index in [1.165, 1.54) is 5.56 Å². The normalized spacial score (nSPS) is 22.7. The topological polar surface area (TPSA) is 57.6 Å². The molecule has 0 bridgehead atoms. The van der Waals surface area contributed by atoms with Gasteiger partial charge in [-0.15, -0.1) is 0 Å². The Balaban J connectivity index is 1.64. The number of nitrogens with zero attached hydrogens (tertiary/aromatic N) is 1.